The molecule has 1 unspecified atom stereocenters. The van der Waals surface area contributed by atoms with Crippen molar-refractivity contribution in [3.8, 4) is 5.75 Å². The number of nitrogens with one attached hydrogen (secondary N) is 1. The maximum Gasteiger partial charge on any atom is 0.339 e. The molecule has 1 aromatic heterocycles. The van der Waals surface area contributed by atoms with Crippen LogP contribution in [0, 0.1) is 0 Å². The molecule has 1 heterocycles. The average molecular weight is 264 g/mol. The van der Waals surface area contributed by atoms with Crippen molar-refractivity contribution >= 4 is 16.9 Å². The van der Waals surface area contributed by atoms with Crippen LogP contribution in [-0.4, -0.2) is 23.2 Å². The summed E-state index contributed by atoms with van der Waals surface area (Å²) in [6.07, 6.45) is -1.32. The van der Waals surface area contributed by atoms with E-state index in [-0.39, 0.29) is 5.56 Å². The van der Waals surface area contributed by atoms with Gasteiger partial charge in [-0.2, -0.15) is 0 Å². The summed E-state index contributed by atoms with van der Waals surface area (Å²) in [5.41, 5.74) is 0.418. The lowest BCUT2D eigenvalue weighted by atomic mass is 10.0. The molecular weight excluding hydrogens is 252 g/mol. The molecule has 0 spiro atoms. The van der Waals surface area contributed by atoms with E-state index in [2.05, 4.69) is 9.82 Å². The predicted molar refractivity (Wildman–Crippen MR) is 66.8 cm³/mol. The third-order valence-electron chi connectivity index (χ3n) is 2.75. The highest BCUT2D eigenvalue weighted by atomic mass is 16.6. The highest BCUT2D eigenvalue weighted by Gasteiger charge is 2.23. The number of carbonyl (C=O) groups is 1. The van der Waals surface area contributed by atoms with Gasteiger partial charge < -0.3 is 14.8 Å². The minimum absolute atomic E-state index is 0.316. The van der Waals surface area contributed by atoms with E-state index < -0.39 is 12.1 Å². The van der Waals surface area contributed by atoms with E-state index in [0.717, 1.165) is 0 Å². The number of nitrogens with two attached hydrogens (primary N) is 1. The van der Waals surface area contributed by atoms with E-state index in [1.165, 1.54) is 25.3 Å². The quantitative estimate of drug-likeness (QED) is 0.695. The van der Waals surface area contributed by atoms with Gasteiger partial charge in [0.05, 0.1) is 12.6 Å². The molecule has 0 fully saturated rings. The summed E-state index contributed by atoms with van der Waals surface area (Å²) in [6, 6.07) is 5.87. The molecule has 0 aliphatic rings. The van der Waals surface area contributed by atoms with Crippen molar-refractivity contribution in [2.75, 3.05) is 7.11 Å². The monoisotopic (exact) mass is 264 g/mol. The van der Waals surface area contributed by atoms with Gasteiger partial charge >= 0.3 is 5.97 Å². The van der Waals surface area contributed by atoms with Crippen molar-refractivity contribution in [3.63, 3.8) is 0 Å². The number of carboxylic acid groups (broad SMARTS) is 1. The third-order valence-corrected chi connectivity index (χ3v) is 2.75. The Morgan fingerprint density at radius 3 is 2.68 bits per heavy atom. The lowest BCUT2D eigenvalue weighted by molar-refractivity contribution is -0.151. The van der Waals surface area contributed by atoms with E-state index in [4.69, 9.17) is 15.7 Å². The maximum absolute atomic E-state index is 11.4. The van der Waals surface area contributed by atoms with Crippen LogP contribution in [-0.2, 0) is 9.63 Å². The summed E-state index contributed by atoms with van der Waals surface area (Å²) in [6.45, 7) is 0. The Kier molecular flexibility index (Phi) is 3.50. The summed E-state index contributed by atoms with van der Waals surface area (Å²) in [7, 11) is 1.45. The SMILES string of the molecule is COc1ccc(C(ON)C(=O)O)c2ccc(=O)[nH]c12. The summed E-state index contributed by atoms with van der Waals surface area (Å²) >= 11 is 0. The number of methoxy groups -OCH3 is 1. The van der Waals surface area contributed by atoms with Gasteiger partial charge in [0.15, 0.2) is 0 Å². The van der Waals surface area contributed by atoms with Crippen LogP contribution in [0.25, 0.3) is 10.9 Å². The molecule has 0 saturated heterocycles. The molecule has 4 N–H and O–H groups in total. The molecule has 0 radical (unpaired) electrons. The molecule has 7 heteroatoms. The van der Waals surface area contributed by atoms with Gasteiger partial charge in [-0.3, -0.25) is 9.63 Å². The molecule has 2 aromatic rings. The van der Waals surface area contributed by atoms with E-state index in [1.807, 2.05) is 0 Å². The predicted octanol–water partition coefficient (Wildman–Crippen LogP) is 0.553. The highest BCUT2D eigenvalue weighted by Crippen LogP contribution is 2.30. The number of H-pyrrole nitrogens is 1. The van der Waals surface area contributed by atoms with Crippen molar-refractivity contribution in [2.45, 2.75) is 6.10 Å². The van der Waals surface area contributed by atoms with Gasteiger partial charge in [-0.05, 0) is 12.1 Å². The second-order valence-corrected chi connectivity index (χ2v) is 3.82. The number of pyridine rings is 1. The topological polar surface area (TPSA) is 115 Å². The molecular formula is C12H12N2O5. The van der Waals surface area contributed by atoms with Crippen LogP contribution in [0.3, 0.4) is 0 Å². The van der Waals surface area contributed by atoms with Crippen LogP contribution in [0.15, 0.2) is 29.1 Å². The Morgan fingerprint density at radius 2 is 2.11 bits per heavy atom. The van der Waals surface area contributed by atoms with Gasteiger partial charge in [-0.1, -0.05) is 6.07 Å². The average Bonchev–Trinajstić information content (AvgIpc) is 2.39. The zero-order valence-electron chi connectivity index (χ0n) is 10.0. The number of benzene rings is 1. The van der Waals surface area contributed by atoms with Crippen molar-refractivity contribution < 1.29 is 19.5 Å². The number of hydrogen-bond acceptors (Lipinski definition) is 5. The maximum atomic E-state index is 11.4. The Morgan fingerprint density at radius 1 is 1.37 bits per heavy atom. The first-order valence-electron chi connectivity index (χ1n) is 5.36. The summed E-state index contributed by atoms with van der Waals surface area (Å²) in [5, 5.41) is 9.56. The molecule has 7 nitrogen and oxygen atoms in total. The molecule has 1 aromatic carbocycles. The number of ether oxygens (including phenoxy) is 1. The standard InChI is InChI=1S/C12H12N2O5/c1-18-8-4-2-7(11(19-13)12(16)17)6-3-5-9(15)14-10(6)8/h2-5,11H,13H2,1H3,(H,14,15)(H,16,17). The zero-order valence-corrected chi connectivity index (χ0v) is 10.0. The number of aromatic nitrogens is 1. The van der Waals surface area contributed by atoms with E-state index in [9.17, 15) is 9.59 Å². The zero-order chi connectivity index (χ0) is 14.0. The number of aliphatic carboxylic acids is 1. The van der Waals surface area contributed by atoms with Gasteiger partial charge in [-0.15, -0.1) is 0 Å². The van der Waals surface area contributed by atoms with Crippen molar-refractivity contribution in [2.24, 2.45) is 5.90 Å². The van der Waals surface area contributed by atoms with E-state index >= 15 is 0 Å². The van der Waals surface area contributed by atoms with Gasteiger partial charge in [-0.25, -0.2) is 10.7 Å². The number of fused-ring (bicyclic) bond motifs is 1. The Hall–Kier alpha value is -2.38. The van der Waals surface area contributed by atoms with Crippen molar-refractivity contribution in [1.82, 2.24) is 4.98 Å². The van der Waals surface area contributed by atoms with Crippen LogP contribution in [0.2, 0.25) is 0 Å². The van der Waals surface area contributed by atoms with Crippen LogP contribution in [0.1, 0.15) is 11.7 Å². The number of hydrogen-bond donors (Lipinski definition) is 3. The molecule has 1 atom stereocenters. The number of carboxylic acids is 1. The van der Waals surface area contributed by atoms with Crippen molar-refractivity contribution in [1.29, 1.82) is 0 Å². The first-order valence-corrected chi connectivity index (χ1v) is 5.36. The summed E-state index contributed by atoms with van der Waals surface area (Å²) < 4.78 is 5.12. The molecule has 0 aliphatic heterocycles. The summed E-state index contributed by atoms with van der Waals surface area (Å²) in [4.78, 5) is 29.5. The molecule has 100 valence electrons. The fourth-order valence-electron chi connectivity index (χ4n) is 1.91. The number of aromatic amines is 1. The Bertz CT molecular complexity index is 679. The van der Waals surface area contributed by atoms with Crippen LogP contribution < -0.4 is 16.2 Å². The second kappa shape index (κ2) is 5.09. The smallest absolute Gasteiger partial charge is 0.339 e. The molecule has 0 amide bonds. The van der Waals surface area contributed by atoms with Gasteiger partial charge in [0.1, 0.15) is 5.75 Å². The highest BCUT2D eigenvalue weighted by molar-refractivity contribution is 5.91. The largest absolute Gasteiger partial charge is 0.495 e. The molecule has 0 bridgehead atoms. The molecule has 2 rings (SSSR count). The van der Waals surface area contributed by atoms with Gasteiger partial charge in [0, 0.05) is 17.0 Å². The van der Waals surface area contributed by atoms with E-state index in [0.29, 0.717) is 22.2 Å². The normalized spacial score (nSPS) is 12.3. The number of rotatable bonds is 4. The lowest BCUT2D eigenvalue weighted by Gasteiger charge is -2.14. The van der Waals surface area contributed by atoms with Crippen LogP contribution >= 0.6 is 0 Å². The van der Waals surface area contributed by atoms with Gasteiger partial charge in [0.2, 0.25) is 11.7 Å². The first-order chi connectivity index (χ1) is 9.08. The minimum Gasteiger partial charge on any atom is -0.495 e. The molecule has 0 saturated carbocycles. The Labute approximate surface area is 107 Å². The Balaban J connectivity index is 2.77. The third kappa shape index (κ3) is 2.28. The van der Waals surface area contributed by atoms with Crippen LogP contribution in [0.4, 0.5) is 0 Å². The fraction of sp³-hybridized carbons (Fsp3) is 0.167. The minimum atomic E-state index is -1.32. The fourth-order valence-corrected chi connectivity index (χ4v) is 1.91. The molecule has 19 heavy (non-hydrogen) atoms. The second-order valence-electron chi connectivity index (χ2n) is 3.82. The lowest BCUT2D eigenvalue weighted by Crippen LogP contribution is -2.19. The molecule has 0 aliphatic carbocycles. The first kappa shape index (κ1) is 13.1. The van der Waals surface area contributed by atoms with Crippen LogP contribution in [0.5, 0.6) is 5.75 Å². The summed E-state index contributed by atoms with van der Waals surface area (Å²) in [5.74, 6) is 4.22. The van der Waals surface area contributed by atoms with Gasteiger partial charge in [0.25, 0.3) is 0 Å². The van der Waals surface area contributed by atoms with Crippen molar-refractivity contribution in [3.05, 3.63) is 40.2 Å². The van der Waals surface area contributed by atoms with E-state index in [1.54, 1.807) is 6.07 Å².